The fraction of sp³-hybridized carbons (Fsp3) is 0.571. The van der Waals surface area contributed by atoms with Gasteiger partial charge in [0.25, 0.3) is 12.1 Å². The molecule has 0 aliphatic heterocycles. The number of nitro groups is 1. The van der Waals surface area contributed by atoms with Crippen molar-refractivity contribution < 1.29 is 19.6 Å². The van der Waals surface area contributed by atoms with E-state index in [1.165, 1.54) is 6.92 Å². The number of nitrogens with zero attached hydrogens (tertiary/aromatic N) is 3. The first-order chi connectivity index (χ1) is 7.50. The Hall–Kier alpha value is -2.03. The number of ether oxygens (including phenoxy) is 1. The van der Waals surface area contributed by atoms with Gasteiger partial charge in [0.15, 0.2) is 5.82 Å². The van der Waals surface area contributed by atoms with Crippen molar-refractivity contribution >= 4 is 5.97 Å². The summed E-state index contributed by atoms with van der Waals surface area (Å²) in [6.07, 6.45) is 1.03. The minimum atomic E-state index is -2.43. The smallest absolute Gasteiger partial charge is 0.353 e. The van der Waals surface area contributed by atoms with Crippen molar-refractivity contribution in [1.29, 1.82) is 0 Å². The molecule has 0 fully saturated rings. The highest BCUT2D eigenvalue weighted by molar-refractivity contribution is 5.80. The molecule has 1 aromatic heterocycles. The van der Waals surface area contributed by atoms with Gasteiger partial charge in [-0.2, -0.15) is 5.10 Å². The summed E-state index contributed by atoms with van der Waals surface area (Å²) in [5.74, 6) is -1.45. The van der Waals surface area contributed by atoms with Crippen LogP contribution in [0.3, 0.4) is 0 Å². The molecule has 1 atom stereocenters. The van der Waals surface area contributed by atoms with E-state index in [1.807, 2.05) is 0 Å². The third-order valence-corrected chi connectivity index (χ3v) is 1.78. The molecule has 0 radical (unpaired) electrons. The number of esters is 1. The second-order valence-corrected chi connectivity index (χ2v) is 2.91. The van der Waals surface area contributed by atoms with Crippen LogP contribution < -0.4 is 0 Å². The molecule has 0 saturated heterocycles. The van der Waals surface area contributed by atoms with Crippen LogP contribution in [0.1, 0.15) is 12.7 Å². The Bertz CT molecular complexity index is 378. The topological polar surface area (TPSA) is 131 Å². The van der Waals surface area contributed by atoms with Crippen molar-refractivity contribution in [1.82, 2.24) is 15.2 Å². The number of hydrogen-bond donors (Lipinski definition) is 2. The van der Waals surface area contributed by atoms with Gasteiger partial charge in [-0.25, -0.2) is 9.78 Å². The van der Waals surface area contributed by atoms with E-state index in [4.69, 9.17) is 0 Å². The van der Waals surface area contributed by atoms with Crippen molar-refractivity contribution in [3.05, 3.63) is 22.3 Å². The number of carbonyl (C=O) groups excluding carboxylic acids is 1. The fourth-order valence-electron chi connectivity index (χ4n) is 1.08. The number of aromatic nitrogens is 3. The fourth-order valence-corrected chi connectivity index (χ4v) is 1.08. The highest BCUT2D eigenvalue weighted by Crippen LogP contribution is 2.19. The standard InChI is InChI=1S/C7H10N4O5/c1-2-16-6(12)7(13,3-11(14)15)5-8-4-9-10-5/h4,13H,2-3H2,1H3,(H,8,9,10). The van der Waals surface area contributed by atoms with Crippen LogP contribution in [-0.4, -0.2) is 44.3 Å². The third kappa shape index (κ3) is 2.31. The molecular formula is C7H10N4O5. The molecule has 9 heteroatoms. The van der Waals surface area contributed by atoms with E-state index in [0.29, 0.717) is 0 Å². The molecule has 0 aromatic carbocycles. The number of carbonyl (C=O) groups is 1. The zero-order valence-corrected chi connectivity index (χ0v) is 8.41. The average Bonchev–Trinajstić information content (AvgIpc) is 2.69. The summed E-state index contributed by atoms with van der Waals surface area (Å²) in [6.45, 7) is 0.471. The van der Waals surface area contributed by atoms with Crippen LogP contribution in [0.2, 0.25) is 0 Å². The van der Waals surface area contributed by atoms with E-state index < -0.39 is 23.0 Å². The van der Waals surface area contributed by atoms with Gasteiger partial charge in [-0.15, -0.1) is 0 Å². The Morgan fingerprint density at radius 3 is 2.94 bits per heavy atom. The van der Waals surface area contributed by atoms with Crippen LogP contribution >= 0.6 is 0 Å². The first-order valence-electron chi connectivity index (χ1n) is 4.38. The molecule has 88 valence electrons. The van der Waals surface area contributed by atoms with Gasteiger partial charge < -0.3 is 9.84 Å². The monoisotopic (exact) mass is 230 g/mol. The number of nitrogens with one attached hydrogen (secondary N) is 1. The third-order valence-electron chi connectivity index (χ3n) is 1.78. The number of rotatable bonds is 5. The largest absolute Gasteiger partial charge is 0.463 e. The van der Waals surface area contributed by atoms with Gasteiger partial charge in [-0.3, -0.25) is 15.2 Å². The molecule has 1 heterocycles. The van der Waals surface area contributed by atoms with Crippen molar-refractivity contribution in [3.63, 3.8) is 0 Å². The second kappa shape index (κ2) is 4.66. The molecule has 1 rings (SSSR count). The quantitative estimate of drug-likeness (QED) is 0.370. The van der Waals surface area contributed by atoms with Gasteiger partial charge >= 0.3 is 5.97 Å². The van der Waals surface area contributed by atoms with Crippen molar-refractivity contribution in [2.45, 2.75) is 12.5 Å². The molecule has 9 nitrogen and oxygen atoms in total. The second-order valence-electron chi connectivity index (χ2n) is 2.91. The summed E-state index contributed by atoms with van der Waals surface area (Å²) in [4.78, 5) is 24.5. The maximum absolute atomic E-state index is 11.4. The normalized spacial score (nSPS) is 14.1. The summed E-state index contributed by atoms with van der Waals surface area (Å²) in [5, 5.41) is 25.9. The minimum absolute atomic E-state index is 0.00695. The molecule has 16 heavy (non-hydrogen) atoms. The van der Waals surface area contributed by atoms with Gasteiger partial charge in [0.05, 0.1) is 6.61 Å². The first-order valence-corrected chi connectivity index (χ1v) is 4.38. The maximum atomic E-state index is 11.4. The summed E-state index contributed by atoms with van der Waals surface area (Å²) < 4.78 is 4.55. The summed E-state index contributed by atoms with van der Waals surface area (Å²) in [7, 11) is 0. The Labute approximate surface area is 89.6 Å². The van der Waals surface area contributed by atoms with E-state index in [2.05, 4.69) is 19.9 Å². The highest BCUT2D eigenvalue weighted by Gasteiger charge is 2.48. The number of hydrogen-bond acceptors (Lipinski definition) is 7. The minimum Gasteiger partial charge on any atom is -0.463 e. The SMILES string of the molecule is CCOC(=O)C(O)(C[N+](=O)[O-])c1ncn[nH]1. The maximum Gasteiger partial charge on any atom is 0.353 e. The van der Waals surface area contributed by atoms with E-state index in [1.54, 1.807) is 0 Å². The Balaban J connectivity index is 3.02. The van der Waals surface area contributed by atoms with Gasteiger partial charge in [-0.05, 0) is 6.92 Å². The molecule has 2 N–H and O–H groups in total. The van der Waals surface area contributed by atoms with Crippen LogP contribution in [-0.2, 0) is 15.1 Å². The lowest BCUT2D eigenvalue weighted by Gasteiger charge is -2.18. The predicted octanol–water partition coefficient (Wildman–Crippen LogP) is -1.17. The lowest BCUT2D eigenvalue weighted by atomic mass is 10.0. The van der Waals surface area contributed by atoms with E-state index in [0.717, 1.165) is 6.33 Å². The van der Waals surface area contributed by atoms with Gasteiger partial charge in [0.1, 0.15) is 6.33 Å². The van der Waals surface area contributed by atoms with Gasteiger partial charge in [0.2, 0.25) is 0 Å². The molecule has 0 aliphatic carbocycles. The zero-order valence-electron chi connectivity index (χ0n) is 8.41. The van der Waals surface area contributed by atoms with Gasteiger partial charge in [-0.1, -0.05) is 0 Å². The van der Waals surface area contributed by atoms with Crippen LogP contribution in [0, 0.1) is 10.1 Å². The van der Waals surface area contributed by atoms with Crippen molar-refractivity contribution in [2.75, 3.05) is 13.2 Å². The average molecular weight is 230 g/mol. The molecular weight excluding hydrogens is 220 g/mol. The summed E-state index contributed by atoms with van der Waals surface area (Å²) >= 11 is 0. The van der Waals surface area contributed by atoms with Crippen LogP contribution in [0.25, 0.3) is 0 Å². The summed E-state index contributed by atoms with van der Waals surface area (Å²) in [6, 6.07) is 0. The van der Waals surface area contributed by atoms with E-state index in [9.17, 15) is 20.0 Å². The molecule has 1 aromatic rings. The Kier molecular flexibility index (Phi) is 3.51. The van der Waals surface area contributed by atoms with Crippen LogP contribution in [0.5, 0.6) is 0 Å². The van der Waals surface area contributed by atoms with Crippen molar-refractivity contribution in [3.8, 4) is 0 Å². The van der Waals surface area contributed by atoms with Gasteiger partial charge in [0, 0.05) is 4.92 Å². The Morgan fingerprint density at radius 1 is 1.81 bits per heavy atom. The molecule has 0 aliphatic rings. The number of aromatic amines is 1. The summed E-state index contributed by atoms with van der Waals surface area (Å²) in [5.41, 5.74) is -2.43. The van der Waals surface area contributed by atoms with Crippen LogP contribution in [0.4, 0.5) is 0 Å². The van der Waals surface area contributed by atoms with E-state index >= 15 is 0 Å². The predicted molar refractivity (Wildman–Crippen MR) is 48.8 cm³/mol. The molecule has 0 saturated carbocycles. The lowest BCUT2D eigenvalue weighted by Crippen LogP contribution is -2.44. The zero-order chi connectivity index (χ0) is 12.2. The first kappa shape index (κ1) is 12.0. The molecule has 1 unspecified atom stereocenters. The van der Waals surface area contributed by atoms with Crippen molar-refractivity contribution in [2.24, 2.45) is 0 Å². The van der Waals surface area contributed by atoms with E-state index in [-0.39, 0.29) is 12.4 Å². The highest BCUT2D eigenvalue weighted by atomic mass is 16.6. The molecule has 0 bridgehead atoms. The molecule has 0 amide bonds. The Morgan fingerprint density at radius 2 is 2.50 bits per heavy atom. The van der Waals surface area contributed by atoms with Crippen LogP contribution in [0.15, 0.2) is 6.33 Å². The number of aliphatic hydroxyl groups is 1. The number of H-pyrrole nitrogens is 1. The molecule has 0 spiro atoms. The lowest BCUT2D eigenvalue weighted by molar-refractivity contribution is -0.499.